The van der Waals surface area contributed by atoms with Crippen LogP contribution in [0.4, 0.5) is 0 Å². The van der Waals surface area contributed by atoms with Gasteiger partial charge in [-0.05, 0) is 37.3 Å². The number of amides is 1. The summed E-state index contributed by atoms with van der Waals surface area (Å²) in [5, 5.41) is 5.89. The second kappa shape index (κ2) is 8.58. The zero-order valence-electron chi connectivity index (χ0n) is 14.6. The molecule has 0 unspecified atom stereocenters. The van der Waals surface area contributed by atoms with Gasteiger partial charge in [0.2, 0.25) is 0 Å². The molecule has 3 rings (SSSR count). The minimum atomic E-state index is -0.605. The molecule has 0 saturated carbocycles. The molecule has 0 aliphatic carbocycles. The Morgan fingerprint density at radius 2 is 1.58 bits per heavy atom. The molecule has 2 aromatic carbocycles. The number of benzene rings is 2. The van der Waals surface area contributed by atoms with Crippen molar-refractivity contribution in [1.82, 2.24) is 9.78 Å². The third-order valence-corrected chi connectivity index (χ3v) is 4.40. The highest BCUT2D eigenvalue weighted by Crippen LogP contribution is 2.33. The van der Waals surface area contributed by atoms with Crippen molar-refractivity contribution in [1.29, 1.82) is 0 Å². The Balaban J connectivity index is 0.00000117. The van der Waals surface area contributed by atoms with Crippen LogP contribution in [0.15, 0.2) is 42.5 Å². The maximum atomic E-state index is 11.7. The fourth-order valence-electron chi connectivity index (χ4n) is 2.50. The monoisotopic (exact) mass is 409 g/mol. The van der Waals surface area contributed by atoms with Crippen LogP contribution in [0.3, 0.4) is 0 Å². The molecule has 0 radical (unpaired) electrons. The van der Waals surface area contributed by atoms with Gasteiger partial charge in [-0.25, -0.2) is 4.68 Å². The standard InChI is InChI=1S/C17H12Cl3N3O.C2H6/c1-9-15(17(21)24)22-23(14-7-6-12(19)8-13(14)20)16(9)10-2-4-11(18)5-3-10;1-2/h2-8H,1H3,(H2,21,24);1-2H3. The van der Waals surface area contributed by atoms with Gasteiger partial charge in [0.05, 0.1) is 16.4 Å². The van der Waals surface area contributed by atoms with Crippen LogP contribution in [0.2, 0.25) is 15.1 Å². The molecule has 4 nitrogen and oxygen atoms in total. The zero-order valence-corrected chi connectivity index (χ0v) is 16.8. The number of nitrogens with two attached hydrogens (primary N) is 1. The van der Waals surface area contributed by atoms with Gasteiger partial charge < -0.3 is 5.73 Å². The molecular weight excluding hydrogens is 393 g/mol. The first-order valence-electron chi connectivity index (χ1n) is 7.99. The first-order valence-corrected chi connectivity index (χ1v) is 9.12. The minimum Gasteiger partial charge on any atom is -0.364 e. The summed E-state index contributed by atoms with van der Waals surface area (Å²) in [5.41, 5.74) is 8.45. The molecule has 3 aromatic rings. The number of carbonyl (C=O) groups is 1. The van der Waals surface area contributed by atoms with E-state index in [1.165, 1.54) is 0 Å². The third-order valence-electron chi connectivity index (χ3n) is 3.61. The van der Waals surface area contributed by atoms with Crippen LogP contribution in [0.25, 0.3) is 16.9 Å². The highest BCUT2D eigenvalue weighted by atomic mass is 35.5. The van der Waals surface area contributed by atoms with Crippen molar-refractivity contribution in [2.75, 3.05) is 0 Å². The summed E-state index contributed by atoms with van der Waals surface area (Å²) in [6.45, 7) is 5.79. The van der Waals surface area contributed by atoms with E-state index in [1.807, 2.05) is 26.0 Å². The fraction of sp³-hybridized carbons (Fsp3) is 0.158. The lowest BCUT2D eigenvalue weighted by atomic mass is 10.1. The normalized spacial score (nSPS) is 10.2. The highest BCUT2D eigenvalue weighted by molar-refractivity contribution is 6.35. The van der Waals surface area contributed by atoms with Gasteiger partial charge >= 0.3 is 0 Å². The highest BCUT2D eigenvalue weighted by Gasteiger charge is 2.21. The second-order valence-electron chi connectivity index (χ2n) is 5.20. The Kier molecular flexibility index (Phi) is 6.70. The van der Waals surface area contributed by atoms with Crippen LogP contribution in [0.5, 0.6) is 0 Å². The van der Waals surface area contributed by atoms with Crippen LogP contribution in [-0.4, -0.2) is 15.7 Å². The summed E-state index contributed by atoms with van der Waals surface area (Å²) in [6, 6.07) is 12.3. The van der Waals surface area contributed by atoms with Crippen molar-refractivity contribution in [2.45, 2.75) is 20.8 Å². The van der Waals surface area contributed by atoms with Gasteiger partial charge in [0, 0.05) is 21.2 Å². The van der Waals surface area contributed by atoms with E-state index < -0.39 is 5.91 Å². The van der Waals surface area contributed by atoms with Gasteiger partial charge in [0.25, 0.3) is 5.91 Å². The summed E-state index contributed by atoms with van der Waals surface area (Å²) in [6.07, 6.45) is 0. The van der Waals surface area contributed by atoms with Gasteiger partial charge in [0.1, 0.15) is 0 Å². The predicted molar refractivity (Wildman–Crippen MR) is 109 cm³/mol. The number of carbonyl (C=O) groups excluding carboxylic acids is 1. The van der Waals surface area contributed by atoms with E-state index in [0.717, 1.165) is 5.56 Å². The van der Waals surface area contributed by atoms with E-state index in [9.17, 15) is 4.79 Å². The molecular formula is C19H18Cl3N3O. The van der Waals surface area contributed by atoms with Crippen molar-refractivity contribution in [3.05, 3.63) is 68.8 Å². The van der Waals surface area contributed by atoms with Gasteiger partial charge in [-0.2, -0.15) is 5.10 Å². The molecule has 1 aromatic heterocycles. The summed E-state index contributed by atoms with van der Waals surface area (Å²) in [7, 11) is 0. The Morgan fingerprint density at radius 1 is 1.00 bits per heavy atom. The van der Waals surface area contributed by atoms with E-state index in [0.29, 0.717) is 32.0 Å². The van der Waals surface area contributed by atoms with Crippen LogP contribution >= 0.6 is 34.8 Å². The van der Waals surface area contributed by atoms with E-state index in [4.69, 9.17) is 40.5 Å². The van der Waals surface area contributed by atoms with E-state index in [2.05, 4.69) is 5.10 Å². The molecule has 0 fully saturated rings. The molecule has 7 heteroatoms. The van der Waals surface area contributed by atoms with E-state index in [1.54, 1.807) is 41.9 Å². The molecule has 1 amide bonds. The molecule has 0 spiro atoms. The number of primary amides is 1. The van der Waals surface area contributed by atoms with Crippen molar-refractivity contribution in [3.8, 4) is 16.9 Å². The second-order valence-corrected chi connectivity index (χ2v) is 6.48. The lowest BCUT2D eigenvalue weighted by Gasteiger charge is -2.11. The average Bonchev–Trinajstić information content (AvgIpc) is 2.95. The zero-order chi connectivity index (χ0) is 19.4. The number of nitrogens with zero attached hydrogens (tertiary/aromatic N) is 2. The smallest absolute Gasteiger partial charge is 0.269 e. The van der Waals surface area contributed by atoms with Gasteiger partial charge in [0.15, 0.2) is 5.69 Å². The van der Waals surface area contributed by atoms with E-state index in [-0.39, 0.29) is 5.69 Å². The Hall–Kier alpha value is -2.01. The third kappa shape index (κ3) is 4.04. The lowest BCUT2D eigenvalue weighted by Crippen LogP contribution is -2.13. The Morgan fingerprint density at radius 3 is 2.12 bits per heavy atom. The van der Waals surface area contributed by atoms with Crippen molar-refractivity contribution in [2.24, 2.45) is 5.73 Å². The van der Waals surface area contributed by atoms with Crippen molar-refractivity contribution < 1.29 is 4.79 Å². The SMILES string of the molecule is CC.Cc1c(C(N)=O)nn(-c2ccc(Cl)cc2Cl)c1-c1ccc(Cl)cc1. The summed E-state index contributed by atoms with van der Waals surface area (Å²) in [5.74, 6) is -0.605. The summed E-state index contributed by atoms with van der Waals surface area (Å²) >= 11 is 18.2. The summed E-state index contributed by atoms with van der Waals surface area (Å²) < 4.78 is 1.59. The molecule has 0 aliphatic heterocycles. The van der Waals surface area contributed by atoms with Gasteiger partial charge in [-0.15, -0.1) is 0 Å². The molecule has 0 atom stereocenters. The van der Waals surface area contributed by atoms with Gasteiger partial charge in [-0.3, -0.25) is 4.79 Å². The maximum absolute atomic E-state index is 11.7. The molecule has 0 saturated heterocycles. The van der Waals surface area contributed by atoms with Crippen LogP contribution in [0.1, 0.15) is 29.9 Å². The quantitative estimate of drug-likeness (QED) is 0.581. The first-order chi connectivity index (χ1) is 12.4. The van der Waals surface area contributed by atoms with Crippen LogP contribution in [-0.2, 0) is 0 Å². The topological polar surface area (TPSA) is 60.9 Å². The lowest BCUT2D eigenvalue weighted by molar-refractivity contribution is 0.0994. The molecule has 2 N–H and O–H groups in total. The molecule has 0 aliphatic rings. The molecule has 1 heterocycles. The predicted octanol–water partition coefficient (Wildman–Crippen LogP) is 5.93. The minimum absolute atomic E-state index is 0.186. The number of rotatable bonds is 3. The van der Waals surface area contributed by atoms with Gasteiger partial charge in [-0.1, -0.05) is 60.8 Å². The molecule has 136 valence electrons. The number of hydrogen-bond donors (Lipinski definition) is 1. The number of aromatic nitrogens is 2. The fourth-order valence-corrected chi connectivity index (χ4v) is 3.12. The first kappa shape index (κ1) is 20.3. The maximum Gasteiger partial charge on any atom is 0.269 e. The Labute approximate surface area is 167 Å². The number of halogens is 3. The van der Waals surface area contributed by atoms with Crippen molar-refractivity contribution >= 4 is 40.7 Å². The summed E-state index contributed by atoms with van der Waals surface area (Å²) in [4.78, 5) is 11.7. The Bertz CT molecular complexity index is 934. The molecule has 0 bridgehead atoms. The van der Waals surface area contributed by atoms with Crippen LogP contribution < -0.4 is 5.73 Å². The molecule has 26 heavy (non-hydrogen) atoms. The average molecular weight is 411 g/mol. The number of hydrogen-bond acceptors (Lipinski definition) is 2. The van der Waals surface area contributed by atoms with E-state index >= 15 is 0 Å². The van der Waals surface area contributed by atoms with Crippen molar-refractivity contribution in [3.63, 3.8) is 0 Å². The largest absolute Gasteiger partial charge is 0.364 e. The van der Waals surface area contributed by atoms with Crippen LogP contribution in [0, 0.1) is 6.92 Å².